The van der Waals surface area contributed by atoms with Gasteiger partial charge in [-0.05, 0) is 18.3 Å². The van der Waals surface area contributed by atoms with Gasteiger partial charge in [0, 0.05) is 6.04 Å². The highest BCUT2D eigenvalue weighted by Crippen LogP contribution is 2.18. The third-order valence-corrected chi connectivity index (χ3v) is 2.58. The minimum absolute atomic E-state index is 0.0130. The van der Waals surface area contributed by atoms with Gasteiger partial charge < -0.3 is 16.4 Å². The lowest BCUT2D eigenvalue weighted by atomic mass is 9.87. The molecule has 0 aliphatic heterocycles. The van der Waals surface area contributed by atoms with E-state index in [0.717, 1.165) is 12.8 Å². The summed E-state index contributed by atoms with van der Waals surface area (Å²) in [6.07, 6.45) is 2.09. The maximum absolute atomic E-state index is 11.6. The van der Waals surface area contributed by atoms with E-state index in [4.69, 9.17) is 5.73 Å². The summed E-state index contributed by atoms with van der Waals surface area (Å²) in [7, 11) is 0. The Kier molecular flexibility index (Phi) is 3.91. The Balaban J connectivity index is 2.25. The van der Waals surface area contributed by atoms with E-state index < -0.39 is 6.04 Å². The summed E-state index contributed by atoms with van der Waals surface area (Å²) in [4.78, 5) is 22.9. The van der Waals surface area contributed by atoms with Gasteiger partial charge in [-0.1, -0.05) is 20.8 Å². The van der Waals surface area contributed by atoms with Crippen LogP contribution in [0.15, 0.2) is 0 Å². The van der Waals surface area contributed by atoms with E-state index in [1.807, 2.05) is 20.8 Å². The molecule has 16 heavy (non-hydrogen) atoms. The van der Waals surface area contributed by atoms with Crippen molar-refractivity contribution in [3.05, 3.63) is 0 Å². The second kappa shape index (κ2) is 4.82. The van der Waals surface area contributed by atoms with Crippen LogP contribution in [-0.4, -0.2) is 30.4 Å². The van der Waals surface area contributed by atoms with Gasteiger partial charge in [-0.2, -0.15) is 0 Å². The molecule has 0 aromatic heterocycles. The first-order valence-corrected chi connectivity index (χ1v) is 5.63. The van der Waals surface area contributed by atoms with Crippen molar-refractivity contribution in [1.82, 2.24) is 10.6 Å². The number of amides is 2. The number of carbonyl (C=O) groups is 2. The lowest BCUT2D eigenvalue weighted by Crippen LogP contribution is -2.50. The largest absolute Gasteiger partial charge is 0.352 e. The van der Waals surface area contributed by atoms with E-state index >= 15 is 0 Å². The van der Waals surface area contributed by atoms with Crippen LogP contribution < -0.4 is 16.4 Å². The van der Waals surface area contributed by atoms with Crippen LogP contribution in [0.25, 0.3) is 0 Å². The molecule has 1 aliphatic carbocycles. The molecule has 1 saturated carbocycles. The Bertz CT molecular complexity index is 279. The topological polar surface area (TPSA) is 84.2 Å². The second-order valence-electron chi connectivity index (χ2n) is 5.40. The zero-order valence-corrected chi connectivity index (χ0v) is 10.2. The highest BCUT2D eigenvalue weighted by atomic mass is 16.2. The smallest absolute Gasteiger partial charge is 0.239 e. The van der Waals surface area contributed by atoms with Gasteiger partial charge in [-0.25, -0.2) is 0 Å². The van der Waals surface area contributed by atoms with Crippen LogP contribution in [0.1, 0.15) is 33.6 Å². The fraction of sp³-hybridized carbons (Fsp3) is 0.818. The monoisotopic (exact) mass is 227 g/mol. The first-order chi connectivity index (χ1) is 7.30. The van der Waals surface area contributed by atoms with Crippen LogP contribution in [-0.2, 0) is 9.59 Å². The fourth-order valence-corrected chi connectivity index (χ4v) is 1.18. The van der Waals surface area contributed by atoms with Gasteiger partial charge in [0.2, 0.25) is 11.8 Å². The highest BCUT2D eigenvalue weighted by molar-refractivity contribution is 5.87. The van der Waals surface area contributed by atoms with E-state index in [1.54, 1.807) is 0 Å². The molecule has 92 valence electrons. The number of carbonyl (C=O) groups excluding carboxylic acids is 2. The van der Waals surface area contributed by atoms with Gasteiger partial charge in [0.1, 0.15) is 0 Å². The summed E-state index contributed by atoms with van der Waals surface area (Å²) >= 11 is 0. The molecule has 2 amide bonds. The molecular formula is C11H21N3O2. The first kappa shape index (κ1) is 13.0. The predicted molar refractivity (Wildman–Crippen MR) is 61.6 cm³/mol. The lowest BCUT2D eigenvalue weighted by Gasteiger charge is -2.25. The van der Waals surface area contributed by atoms with Crippen molar-refractivity contribution >= 4 is 11.8 Å². The Morgan fingerprint density at radius 2 is 1.94 bits per heavy atom. The van der Waals surface area contributed by atoms with Crippen molar-refractivity contribution in [1.29, 1.82) is 0 Å². The molecule has 0 aromatic rings. The zero-order chi connectivity index (χ0) is 12.3. The molecule has 1 rings (SSSR count). The summed E-state index contributed by atoms with van der Waals surface area (Å²) < 4.78 is 0. The Hall–Kier alpha value is -1.10. The van der Waals surface area contributed by atoms with Crippen molar-refractivity contribution in [3.63, 3.8) is 0 Å². The van der Waals surface area contributed by atoms with Crippen LogP contribution >= 0.6 is 0 Å². The molecule has 1 atom stereocenters. The predicted octanol–water partition coefficient (Wildman–Crippen LogP) is -0.245. The summed E-state index contributed by atoms with van der Waals surface area (Å²) in [5.74, 6) is -0.421. The van der Waals surface area contributed by atoms with Crippen LogP contribution in [0.3, 0.4) is 0 Å². The van der Waals surface area contributed by atoms with Crippen molar-refractivity contribution in [2.45, 2.75) is 45.7 Å². The van der Waals surface area contributed by atoms with E-state index in [0.29, 0.717) is 6.04 Å². The summed E-state index contributed by atoms with van der Waals surface area (Å²) in [5, 5.41) is 5.34. The average Bonchev–Trinajstić information content (AvgIpc) is 2.95. The third kappa shape index (κ3) is 4.18. The van der Waals surface area contributed by atoms with E-state index in [9.17, 15) is 9.59 Å². The SMILES string of the molecule is CC(C)(C)[C@@H](N)C(=O)NCC(=O)NC1CC1. The molecule has 0 heterocycles. The summed E-state index contributed by atoms with van der Waals surface area (Å²) in [5.41, 5.74) is 5.46. The fourth-order valence-electron chi connectivity index (χ4n) is 1.18. The molecular weight excluding hydrogens is 206 g/mol. The van der Waals surface area contributed by atoms with Crippen LogP contribution in [0, 0.1) is 5.41 Å². The van der Waals surface area contributed by atoms with Crippen molar-refractivity contribution in [2.75, 3.05) is 6.54 Å². The average molecular weight is 227 g/mol. The van der Waals surface area contributed by atoms with Crippen molar-refractivity contribution in [3.8, 4) is 0 Å². The zero-order valence-electron chi connectivity index (χ0n) is 10.2. The molecule has 5 heteroatoms. The second-order valence-corrected chi connectivity index (χ2v) is 5.40. The van der Waals surface area contributed by atoms with Gasteiger partial charge in [-0.15, -0.1) is 0 Å². The minimum Gasteiger partial charge on any atom is -0.352 e. The van der Waals surface area contributed by atoms with E-state index in [-0.39, 0.29) is 23.8 Å². The summed E-state index contributed by atoms with van der Waals surface area (Å²) in [6.45, 7) is 5.68. The minimum atomic E-state index is -0.596. The molecule has 0 saturated heterocycles. The first-order valence-electron chi connectivity index (χ1n) is 5.63. The molecule has 0 spiro atoms. The van der Waals surface area contributed by atoms with Crippen LogP contribution in [0.4, 0.5) is 0 Å². The molecule has 4 N–H and O–H groups in total. The summed E-state index contributed by atoms with van der Waals surface area (Å²) in [6, 6.07) is -0.276. The molecule has 1 fully saturated rings. The van der Waals surface area contributed by atoms with Crippen LogP contribution in [0.5, 0.6) is 0 Å². The molecule has 0 radical (unpaired) electrons. The van der Waals surface area contributed by atoms with E-state index in [1.165, 1.54) is 0 Å². The van der Waals surface area contributed by atoms with Gasteiger partial charge in [-0.3, -0.25) is 9.59 Å². The van der Waals surface area contributed by atoms with Gasteiger partial charge >= 0.3 is 0 Å². The van der Waals surface area contributed by atoms with Crippen molar-refractivity contribution in [2.24, 2.45) is 11.1 Å². The molecule has 0 bridgehead atoms. The van der Waals surface area contributed by atoms with Gasteiger partial charge in [0.15, 0.2) is 0 Å². The Labute approximate surface area is 96.1 Å². The molecule has 0 aromatic carbocycles. The number of rotatable bonds is 4. The maximum Gasteiger partial charge on any atom is 0.239 e. The standard InChI is InChI=1S/C11H21N3O2/c1-11(2,3)9(12)10(16)13-6-8(15)14-7-4-5-7/h7,9H,4-6,12H2,1-3H3,(H,13,16)(H,14,15)/t9-/m0/s1. The number of hydrogen-bond acceptors (Lipinski definition) is 3. The molecule has 5 nitrogen and oxygen atoms in total. The van der Waals surface area contributed by atoms with Crippen molar-refractivity contribution < 1.29 is 9.59 Å². The maximum atomic E-state index is 11.6. The Morgan fingerprint density at radius 3 is 2.38 bits per heavy atom. The third-order valence-electron chi connectivity index (χ3n) is 2.58. The van der Waals surface area contributed by atoms with Gasteiger partial charge in [0.05, 0.1) is 12.6 Å². The van der Waals surface area contributed by atoms with E-state index in [2.05, 4.69) is 10.6 Å². The lowest BCUT2D eigenvalue weighted by molar-refractivity contribution is -0.128. The highest BCUT2D eigenvalue weighted by Gasteiger charge is 2.28. The number of nitrogens with one attached hydrogen (secondary N) is 2. The van der Waals surface area contributed by atoms with Gasteiger partial charge in [0.25, 0.3) is 0 Å². The van der Waals surface area contributed by atoms with Crippen LogP contribution in [0.2, 0.25) is 0 Å². The normalized spacial score (nSPS) is 17.8. The molecule has 1 aliphatic rings. The quantitative estimate of drug-likeness (QED) is 0.619. The number of hydrogen-bond donors (Lipinski definition) is 3. The Morgan fingerprint density at radius 1 is 1.38 bits per heavy atom. The molecule has 0 unspecified atom stereocenters. The number of nitrogens with two attached hydrogens (primary N) is 1.